The second kappa shape index (κ2) is 8.69. The maximum absolute atomic E-state index is 13.4. The van der Waals surface area contributed by atoms with E-state index in [1.54, 1.807) is 13.2 Å². The summed E-state index contributed by atoms with van der Waals surface area (Å²) in [5.41, 5.74) is 0.0633. The summed E-state index contributed by atoms with van der Waals surface area (Å²) in [6.07, 6.45) is 0.998. The summed E-state index contributed by atoms with van der Waals surface area (Å²) in [5.74, 6) is -1.32. The highest BCUT2D eigenvalue weighted by Crippen LogP contribution is 2.65. The predicted octanol–water partition coefficient (Wildman–Crippen LogP) is 0.343. The van der Waals surface area contributed by atoms with Crippen LogP contribution >= 0.6 is 0 Å². The Labute approximate surface area is 219 Å². The molecule has 1 aromatic rings. The average molecular weight is 529 g/mol. The van der Waals surface area contributed by atoms with Crippen LogP contribution in [0.3, 0.4) is 0 Å². The number of aliphatic hydroxyl groups is 2. The molecule has 1 amide bonds. The number of aliphatic carboxylic acids is 1. The highest BCUT2D eigenvalue weighted by molar-refractivity contribution is 5.88. The van der Waals surface area contributed by atoms with E-state index in [1.165, 1.54) is 4.90 Å². The molecule has 3 heterocycles. The number of carboxylic acids is 1. The van der Waals surface area contributed by atoms with Gasteiger partial charge in [0.1, 0.15) is 11.8 Å². The summed E-state index contributed by atoms with van der Waals surface area (Å²) >= 11 is 0. The van der Waals surface area contributed by atoms with Crippen LogP contribution < -0.4 is 9.47 Å². The van der Waals surface area contributed by atoms with Gasteiger partial charge in [0.15, 0.2) is 23.7 Å². The third-order valence-electron chi connectivity index (χ3n) is 9.27. The molecule has 2 aliphatic carbocycles. The zero-order valence-electron chi connectivity index (χ0n) is 21.4. The number of carboxylic acid groups (broad SMARTS) is 1. The highest BCUT2D eigenvalue weighted by Gasteiger charge is 2.72. The van der Waals surface area contributed by atoms with E-state index in [4.69, 9.17) is 19.3 Å². The van der Waals surface area contributed by atoms with E-state index in [9.17, 15) is 24.6 Å². The van der Waals surface area contributed by atoms with Gasteiger partial charge in [0.05, 0.1) is 24.5 Å². The number of likely N-dealkylation sites (N-methyl/N-ethyl adjacent to an activating group) is 1. The van der Waals surface area contributed by atoms with Gasteiger partial charge in [-0.3, -0.25) is 4.79 Å². The molecule has 3 aliphatic heterocycles. The summed E-state index contributed by atoms with van der Waals surface area (Å²) in [6.45, 7) is 1.01. The van der Waals surface area contributed by atoms with Gasteiger partial charge >= 0.3 is 11.9 Å². The minimum atomic E-state index is -1.84. The van der Waals surface area contributed by atoms with Crippen molar-refractivity contribution in [3.8, 4) is 11.5 Å². The summed E-state index contributed by atoms with van der Waals surface area (Å²) in [4.78, 5) is 40.5. The first-order chi connectivity index (χ1) is 18.1. The number of carbonyl (C=O) groups is 3. The molecule has 2 saturated heterocycles. The lowest BCUT2D eigenvalue weighted by Crippen LogP contribution is -2.74. The number of methoxy groups -OCH3 is 1. The van der Waals surface area contributed by atoms with Crippen LogP contribution in [0.5, 0.6) is 11.5 Å². The molecule has 0 aromatic heterocycles. The van der Waals surface area contributed by atoms with Crippen molar-refractivity contribution in [1.29, 1.82) is 0 Å². The number of hydrogen-bond acceptors (Lipinski definition) is 9. The van der Waals surface area contributed by atoms with E-state index >= 15 is 0 Å². The maximum atomic E-state index is 13.4. The number of ether oxygens (including phenoxy) is 3. The summed E-state index contributed by atoms with van der Waals surface area (Å²) in [6, 6.07) is 2.86. The Morgan fingerprint density at radius 1 is 1.26 bits per heavy atom. The number of esters is 1. The minimum Gasteiger partial charge on any atom is -0.493 e. The fourth-order valence-electron chi connectivity index (χ4n) is 7.45. The first-order valence-electron chi connectivity index (χ1n) is 13.0. The van der Waals surface area contributed by atoms with Gasteiger partial charge in [-0.25, -0.2) is 9.59 Å². The number of likely N-dealkylation sites (tertiary alicyclic amines) is 2. The SMILES string of the molecule is COc1ccc2c3c1OC1C(OC(=O)[C@@H]4CCCN4C(=O)C[C@H](O)C(=O)O)=CC[C@@]4(O)[C@@H](C2)N(C)CCC314. The Bertz CT molecular complexity index is 1250. The van der Waals surface area contributed by atoms with Crippen molar-refractivity contribution in [1.82, 2.24) is 9.80 Å². The molecule has 2 fully saturated rings. The first kappa shape index (κ1) is 25.1. The monoisotopic (exact) mass is 528 g/mol. The quantitative estimate of drug-likeness (QED) is 0.442. The number of hydrogen-bond donors (Lipinski definition) is 3. The highest BCUT2D eigenvalue weighted by atomic mass is 16.6. The van der Waals surface area contributed by atoms with Crippen molar-refractivity contribution in [3.63, 3.8) is 0 Å². The summed E-state index contributed by atoms with van der Waals surface area (Å²) in [7, 11) is 3.58. The molecule has 6 atom stereocenters. The van der Waals surface area contributed by atoms with Gasteiger partial charge in [-0.1, -0.05) is 6.07 Å². The lowest BCUT2D eigenvalue weighted by atomic mass is 9.50. The lowest BCUT2D eigenvalue weighted by Gasteiger charge is -2.61. The van der Waals surface area contributed by atoms with Gasteiger partial charge in [-0.05, 0) is 57.0 Å². The van der Waals surface area contributed by atoms with Crippen molar-refractivity contribution < 1.29 is 43.9 Å². The Hall–Kier alpha value is -3.15. The van der Waals surface area contributed by atoms with E-state index in [0.717, 1.165) is 17.7 Å². The Morgan fingerprint density at radius 2 is 2.05 bits per heavy atom. The molecule has 5 aliphatic rings. The molecule has 0 radical (unpaired) electrons. The van der Waals surface area contributed by atoms with E-state index < -0.39 is 53.5 Å². The second-order valence-electron chi connectivity index (χ2n) is 11.0. The van der Waals surface area contributed by atoms with Gasteiger partial charge in [0.2, 0.25) is 5.91 Å². The lowest BCUT2D eigenvalue weighted by molar-refractivity contribution is -0.171. The van der Waals surface area contributed by atoms with Crippen LogP contribution in [0, 0.1) is 0 Å². The predicted molar refractivity (Wildman–Crippen MR) is 131 cm³/mol. The maximum Gasteiger partial charge on any atom is 0.334 e. The van der Waals surface area contributed by atoms with Crippen LogP contribution in [-0.4, -0.2) is 100 Å². The number of aliphatic hydroxyl groups excluding tert-OH is 1. The second-order valence-corrected chi connectivity index (χ2v) is 11.0. The molecule has 38 heavy (non-hydrogen) atoms. The van der Waals surface area contributed by atoms with E-state index in [0.29, 0.717) is 42.9 Å². The normalized spacial score (nSPS) is 33.6. The fraction of sp³-hybridized carbons (Fsp3) is 0.593. The van der Waals surface area contributed by atoms with Crippen LogP contribution in [0.25, 0.3) is 0 Å². The molecular formula is C27H32N2O9. The van der Waals surface area contributed by atoms with Gasteiger partial charge in [-0.15, -0.1) is 0 Å². The molecule has 6 rings (SSSR count). The fourth-order valence-corrected chi connectivity index (χ4v) is 7.45. The Morgan fingerprint density at radius 3 is 2.79 bits per heavy atom. The smallest absolute Gasteiger partial charge is 0.334 e. The molecule has 2 unspecified atom stereocenters. The van der Waals surface area contributed by atoms with Gasteiger partial charge in [-0.2, -0.15) is 0 Å². The number of amides is 1. The molecule has 1 spiro atoms. The largest absolute Gasteiger partial charge is 0.493 e. The first-order valence-corrected chi connectivity index (χ1v) is 13.0. The minimum absolute atomic E-state index is 0.133. The Kier molecular flexibility index (Phi) is 5.75. The van der Waals surface area contributed by atoms with Crippen molar-refractivity contribution in [2.24, 2.45) is 0 Å². The number of nitrogens with zero attached hydrogens (tertiary/aromatic N) is 2. The molecule has 11 nitrogen and oxygen atoms in total. The molecule has 3 N–H and O–H groups in total. The molecule has 1 aromatic carbocycles. The molecule has 11 heteroatoms. The third-order valence-corrected chi connectivity index (χ3v) is 9.27. The summed E-state index contributed by atoms with van der Waals surface area (Å²) in [5, 5.41) is 30.9. The number of piperidine rings is 1. The van der Waals surface area contributed by atoms with Crippen LogP contribution in [0.4, 0.5) is 0 Å². The van der Waals surface area contributed by atoms with Crippen molar-refractivity contribution >= 4 is 17.8 Å². The standard InChI is InChI=1S/C27H32N2O9/c1-28-11-9-26-21-14-5-6-17(36-2)22(21)38-23(26)18(7-8-27(26,35)19(28)12-14)37-25(34)15-4-3-10-29(15)20(31)13-16(30)24(32)33/h5-7,15-16,19,23,30,35H,3-4,8-13H2,1-2H3,(H,32,33)/t15-,16-,19+,23?,26?,27+/m0/s1. The molecule has 0 saturated carbocycles. The van der Waals surface area contributed by atoms with E-state index in [1.807, 2.05) is 19.2 Å². The van der Waals surface area contributed by atoms with Gasteiger partial charge in [0, 0.05) is 24.6 Å². The van der Waals surface area contributed by atoms with Gasteiger partial charge < -0.3 is 39.3 Å². The van der Waals surface area contributed by atoms with Crippen LogP contribution in [0.2, 0.25) is 0 Å². The van der Waals surface area contributed by atoms with Crippen molar-refractivity contribution in [2.45, 2.75) is 73.8 Å². The third kappa shape index (κ3) is 3.28. The van der Waals surface area contributed by atoms with E-state index in [2.05, 4.69) is 4.90 Å². The molecule has 204 valence electrons. The van der Waals surface area contributed by atoms with Crippen molar-refractivity contribution in [3.05, 3.63) is 35.1 Å². The number of benzene rings is 1. The van der Waals surface area contributed by atoms with Gasteiger partial charge in [0.25, 0.3) is 0 Å². The van der Waals surface area contributed by atoms with Crippen LogP contribution in [-0.2, 0) is 31.0 Å². The topological polar surface area (TPSA) is 146 Å². The summed E-state index contributed by atoms with van der Waals surface area (Å²) < 4.78 is 18.1. The Balaban J connectivity index is 1.32. The zero-order valence-corrected chi connectivity index (χ0v) is 21.4. The number of carbonyl (C=O) groups excluding carboxylic acids is 2. The molecular weight excluding hydrogens is 496 g/mol. The van der Waals surface area contributed by atoms with Crippen LogP contribution in [0.1, 0.15) is 43.2 Å². The molecule has 2 bridgehead atoms. The van der Waals surface area contributed by atoms with E-state index in [-0.39, 0.29) is 19.0 Å². The zero-order chi connectivity index (χ0) is 27.0. The van der Waals surface area contributed by atoms with Crippen LogP contribution in [0.15, 0.2) is 24.0 Å². The number of rotatable bonds is 6. The van der Waals surface area contributed by atoms with Crippen molar-refractivity contribution in [2.75, 3.05) is 27.2 Å². The average Bonchev–Trinajstić information content (AvgIpc) is 3.51.